The van der Waals surface area contributed by atoms with Gasteiger partial charge in [-0.05, 0) is 60.7 Å². The lowest BCUT2D eigenvalue weighted by Crippen LogP contribution is -2.32. The van der Waals surface area contributed by atoms with E-state index in [0.717, 1.165) is 29.7 Å². The summed E-state index contributed by atoms with van der Waals surface area (Å²) < 4.78 is 0. The summed E-state index contributed by atoms with van der Waals surface area (Å²) in [6, 6.07) is 21.6. The molecule has 3 aromatic rings. The summed E-state index contributed by atoms with van der Waals surface area (Å²) in [6.07, 6.45) is 2.94. The Balaban J connectivity index is 1.41. The quantitative estimate of drug-likeness (QED) is 0.672. The van der Waals surface area contributed by atoms with Gasteiger partial charge in [0.05, 0.1) is 22.9 Å². The molecule has 3 aromatic carbocycles. The maximum Gasteiger partial charge on any atom is 0.266 e. The maximum atomic E-state index is 13.0. The van der Waals surface area contributed by atoms with E-state index in [0.29, 0.717) is 22.4 Å². The Hall–Kier alpha value is -3.73. The number of benzene rings is 3. The van der Waals surface area contributed by atoms with Crippen LogP contribution in [-0.4, -0.2) is 17.7 Å². The van der Waals surface area contributed by atoms with E-state index in [-0.39, 0.29) is 23.8 Å². The Bertz CT molecular complexity index is 1150. The molecule has 0 unspecified atom stereocenters. The average molecular weight is 396 g/mol. The summed E-state index contributed by atoms with van der Waals surface area (Å²) in [5.41, 5.74) is 4.03. The Morgan fingerprint density at radius 1 is 0.867 bits per heavy atom. The summed E-state index contributed by atoms with van der Waals surface area (Å²) in [5, 5.41) is 3.12. The fraction of sp³-hybridized carbons (Fsp3) is 0.160. The van der Waals surface area contributed by atoms with Crippen LogP contribution in [-0.2, 0) is 6.42 Å². The second-order valence-electron chi connectivity index (χ2n) is 7.66. The highest BCUT2D eigenvalue weighted by Gasteiger charge is 2.36. The topological polar surface area (TPSA) is 66.5 Å². The highest BCUT2D eigenvalue weighted by Crippen LogP contribution is 2.31. The number of imide groups is 1. The molecule has 30 heavy (non-hydrogen) atoms. The Kier molecular flexibility index (Phi) is 4.43. The van der Waals surface area contributed by atoms with Crippen molar-refractivity contribution in [1.82, 2.24) is 5.32 Å². The second kappa shape index (κ2) is 7.26. The molecule has 2 aliphatic rings. The number of hydrogen-bond acceptors (Lipinski definition) is 3. The zero-order chi connectivity index (χ0) is 20.7. The summed E-state index contributed by atoms with van der Waals surface area (Å²) in [5.74, 6) is -0.945. The van der Waals surface area contributed by atoms with Crippen molar-refractivity contribution in [3.63, 3.8) is 0 Å². The first kappa shape index (κ1) is 18.3. The van der Waals surface area contributed by atoms with Gasteiger partial charge in [-0.15, -0.1) is 0 Å². The Labute approximate surface area is 174 Å². The van der Waals surface area contributed by atoms with Crippen LogP contribution in [0.5, 0.6) is 0 Å². The van der Waals surface area contributed by atoms with Gasteiger partial charge in [0, 0.05) is 5.56 Å². The minimum atomic E-state index is -0.366. The molecular weight excluding hydrogens is 376 g/mol. The molecule has 0 radical (unpaired) electrons. The first-order valence-electron chi connectivity index (χ1n) is 10.1. The molecule has 5 rings (SSSR count). The number of amides is 3. The molecule has 0 fully saturated rings. The van der Waals surface area contributed by atoms with Crippen LogP contribution in [0.15, 0.2) is 72.8 Å². The molecule has 0 saturated heterocycles. The molecule has 0 bridgehead atoms. The summed E-state index contributed by atoms with van der Waals surface area (Å²) in [4.78, 5) is 39.6. The molecular formula is C25H20N2O3. The van der Waals surface area contributed by atoms with Gasteiger partial charge in [-0.1, -0.05) is 42.5 Å². The van der Waals surface area contributed by atoms with Crippen molar-refractivity contribution in [2.45, 2.75) is 25.3 Å². The molecule has 0 saturated carbocycles. The van der Waals surface area contributed by atoms with Crippen molar-refractivity contribution in [2.24, 2.45) is 0 Å². The van der Waals surface area contributed by atoms with Gasteiger partial charge in [0.1, 0.15) is 0 Å². The largest absolute Gasteiger partial charge is 0.345 e. The van der Waals surface area contributed by atoms with Gasteiger partial charge in [0.15, 0.2) is 0 Å². The predicted octanol–water partition coefficient (Wildman–Crippen LogP) is 4.29. The van der Waals surface area contributed by atoms with Gasteiger partial charge in [0.2, 0.25) is 0 Å². The Morgan fingerprint density at radius 2 is 1.57 bits per heavy atom. The third-order valence-electron chi connectivity index (χ3n) is 5.84. The van der Waals surface area contributed by atoms with Gasteiger partial charge in [0.25, 0.3) is 17.7 Å². The van der Waals surface area contributed by atoms with Gasteiger partial charge >= 0.3 is 0 Å². The van der Waals surface area contributed by atoms with Gasteiger partial charge < -0.3 is 5.32 Å². The summed E-state index contributed by atoms with van der Waals surface area (Å²) in [6.45, 7) is 0. The molecule has 3 amide bonds. The molecule has 1 aliphatic carbocycles. The number of fused-ring (bicyclic) bond motifs is 2. The van der Waals surface area contributed by atoms with E-state index in [4.69, 9.17) is 0 Å². The fourth-order valence-corrected chi connectivity index (χ4v) is 4.36. The standard InChI is InChI=1S/C25H20N2O3/c28-23(26-22-14-6-8-16-7-1-2-11-19(16)22)17-9-5-10-18(15-17)27-24(29)20-12-3-4-13-21(20)25(27)30/h1-5,7,9-13,15,22H,6,8,14H2,(H,26,28)/t22-/m1/s1. The first-order valence-corrected chi connectivity index (χ1v) is 10.1. The molecule has 0 spiro atoms. The number of aryl methyl sites for hydroxylation is 1. The van der Waals surface area contributed by atoms with Crippen LogP contribution >= 0.6 is 0 Å². The lowest BCUT2D eigenvalue weighted by atomic mass is 9.87. The zero-order valence-electron chi connectivity index (χ0n) is 16.3. The van der Waals surface area contributed by atoms with E-state index in [1.807, 2.05) is 12.1 Å². The number of hydrogen-bond donors (Lipinski definition) is 1. The minimum absolute atomic E-state index is 0.0367. The van der Waals surface area contributed by atoms with E-state index >= 15 is 0 Å². The molecule has 148 valence electrons. The molecule has 5 heteroatoms. The summed E-state index contributed by atoms with van der Waals surface area (Å²) >= 11 is 0. The van der Waals surface area contributed by atoms with Crippen molar-refractivity contribution >= 4 is 23.4 Å². The second-order valence-corrected chi connectivity index (χ2v) is 7.66. The van der Waals surface area contributed by atoms with E-state index in [1.54, 1.807) is 48.5 Å². The average Bonchev–Trinajstić information content (AvgIpc) is 3.04. The highest BCUT2D eigenvalue weighted by atomic mass is 16.2. The van der Waals surface area contributed by atoms with Crippen LogP contribution < -0.4 is 10.2 Å². The third kappa shape index (κ3) is 2.99. The number of carbonyl (C=O) groups excluding carboxylic acids is 3. The van der Waals surface area contributed by atoms with Crippen LogP contribution in [0.4, 0.5) is 5.69 Å². The van der Waals surface area contributed by atoms with Gasteiger partial charge in [-0.2, -0.15) is 0 Å². The normalized spacial score (nSPS) is 17.5. The zero-order valence-corrected chi connectivity index (χ0v) is 16.3. The molecule has 1 aliphatic heterocycles. The summed E-state index contributed by atoms with van der Waals surface area (Å²) in [7, 11) is 0. The van der Waals surface area contributed by atoms with E-state index in [1.165, 1.54) is 5.56 Å². The number of anilines is 1. The number of carbonyl (C=O) groups is 3. The number of rotatable bonds is 3. The van der Waals surface area contributed by atoms with Crippen LogP contribution in [0.3, 0.4) is 0 Å². The monoisotopic (exact) mass is 396 g/mol. The van der Waals surface area contributed by atoms with Gasteiger partial charge in [-0.25, -0.2) is 4.90 Å². The molecule has 1 atom stereocenters. The van der Waals surface area contributed by atoms with Crippen molar-refractivity contribution in [1.29, 1.82) is 0 Å². The number of nitrogens with zero attached hydrogens (tertiary/aromatic N) is 1. The van der Waals surface area contributed by atoms with E-state index in [2.05, 4.69) is 17.4 Å². The molecule has 1 N–H and O–H groups in total. The lowest BCUT2D eigenvalue weighted by molar-refractivity contribution is 0.0914. The molecule has 5 nitrogen and oxygen atoms in total. The smallest absolute Gasteiger partial charge is 0.266 e. The van der Waals surface area contributed by atoms with E-state index < -0.39 is 0 Å². The van der Waals surface area contributed by atoms with Crippen LogP contribution in [0, 0.1) is 0 Å². The lowest BCUT2D eigenvalue weighted by Gasteiger charge is -2.26. The van der Waals surface area contributed by atoms with Crippen LogP contribution in [0.2, 0.25) is 0 Å². The van der Waals surface area contributed by atoms with Gasteiger partial charge in [-0.3, -0.25) is 14.4 Å². The minimum Gasteiger partial charge on any atom is -0.345 e. The fourth-order valence-electron chi connectivity index (χ4n) is 4.36. The predicted molar refractivity (Wildman–Crippen MR) is 114 cm³/mol. The van der Waals surface area contributed by atoms with Crippen molar-refractivity contribution < 1.29 is 14.4 Å². The van der Waals surface area contributed by atoms with Crippen LogP contribution in [0.1, 0.15) is 61.1 Å². The first-order chi connectivity index (χ1) is 14.6. The SMILES string of the molecule is O=C(N[C@@H]1CCCc2ccccc21)c1cccc(N2C(=O)c3ccccc3C2=O)c1. The molecule has 0 aromatic heterocycles. The maximum absolute atomic E-state index is 13.0. The molecule has 1 heterocycles. The van der Waals surface area contributed by atoms with Crippen LogP contribution in [0.25, 0.3) is 0 Å². The van der Waals surface area contributed by atoms with E-state index in [9.17, 15) is 14.4 Å². The number of nitrogens with one attached hydrogen (secondary N) is 1. The van der Waals surface area contributed by atoms with Crippen molar-refractivity contribution in [3.05, 3.63) is 101 Å². The third-order valence-corrected chi connectivity index (χ3v) is 5.84. The van der Waals surface area contributed by atoms with Crippen molar-refractivity contribution in [2.75, 3.05) is 4.90 Å². The van der Waals surface area contributed by atoms with Crippen molar-refractivity contribution in [3.8, 4) is 0 Å². The highest BCUT2D eigenvalue weighted by molar-refractivity contribution is 6.34. The Morgan fingerprint density at radius 3 is 2.33 bits per heavy atom.